The van der Waals surface area contributed by atoms with Crippen LogP contribution in [-0.2, 0) is 19.4 Å². The van der Waals surface area contributed by atoms with Crippen molar-refractivity contribution in [2.45, 2.75) is 53.0 Å². The molecule has 0 saturated heterocycles. The first-order valence-corrected chi connectivity index (χ1v) is 14.2. The molecular weight excluding hydrogens is 521 g/mol. The molecule has 0 bridgehead atoms. The largest absolute Gasteiger partial charge is 0.508 e. The van der Waals surface area contributed by atoms with Gasteiger partial charge in [-0.25, -0.2) is 4.39 Å². The van der Waals surface area contributed by atoms with Crippen molar-refractivity contribution in [1.82, 2.24) is 15.4 Å². The van der Waals surface area contributed by atoms with Crippen LogP contribution in [0, 0.1) is 5.82 Å². The Kier molecular flexibility index (Phi) is 10.1. The van der Waals surface area contributed by atoms with Gasteiger partial charge in [-0.2, -0.15) is 0 Å². The summed E-state index contributed by atoms with van der Waals surface area (Å²) >= 11 is 0. The van der Waals surface area contributed by atoms with Crippen LogP contribution in [0.3, 0.4) is 0 Å². The molecule has 1 amide bonds. The first-order chi connectivity index (χ1) is 19.8. The van der Waals surface area contributed by atoms with E-state index in [4.69, 9.17) is 4.52 Å². The summed E-state index contributed by atoms with van der Waals surface area (Å²) < 4.78 is 19.4. The molecule has 0 atom stereocenters. The minimum absolute atomic E-state index is 0.0828. The van der Waals surface area contributed by atoms with E-state index in [1.807, 2.05) is 37.3 Å². The number of aromatic hydroxyl groups is 2. The van der Waals surface area contributed by atoms with E-state index in [2.05, 4.69) is 29.2 Å². The molecule has 0 aliphatic heterocycles. The number of phenolic OH excluding ortho intramolecular Hbond substituents is 2. The number of amides is 1. The van der Waals surface area contributed by atoms with E-state index in [0.29, 0.717) is 36.1 Å². The van der Waals surface area contributed by atoms with Crippen LogP contribution in [0.5, 0.6) is 11.5 Å². The average Bonchev–Trinajstić information content (AvgIpc) is 3.40. The molecule has 7 nitrogen and oxygen atoms in total. The van der Waals surface area contributed by atoms with Gasteiger partial charge >= 0.3 is 0 Å². The lowest BCUT2D eigenvalue weighted by atomic mass is 9.95. The summed E-state index contributed by atoms with van der Waals surface area (Å²) in [5.41, 5.74) is 4.07. The summed E-state index contributed by atoms with van der Waals surface area (Å²) in [5, 5.41) is 28.3. The number of halogens is 1. The molecular formula is C33H38FN3O4. The van der Waals surface area contributed by atoms with Crippen LogP contribution in [-0.4, -0.2) is 45.8 Å². The van der Waals surface area contributed by atoms with Gasteiger partial charge in [0.15, 0.2) is 11.5 Å². The van der Waals surface area contributed by atoms with Crippen molar-refractivity contribution in [3.05, 3.63) is 88.9 Å². The first-order valence-electron chi connectivity index (χ1n) is 14.2. The molecule has 0 saturated carbocycles. The number of hydrogen-bond donors (Lipinski definition) is 3. The minimum atomic E-state index is -0.386. The third kappa shape index (κ3) is 7.32. The average molecular weight is 560 g/mol. The van der Waals surface area contributed by atoms with E-state index in [1.54, 1.807) is 12.1 Å². The predicted octanol–water partition coefficient (Wildman–Crippen LogP) is 6.72. The fourth-order valence-electron chi connectivity index (χ4n) is 4.88. The normalized spacial score (nSPS) is 11.2. The van der Waals surface area contributed by atoms with Gasteiger partial charge in [-0.15, -0.1) is 0 Å². The van der Waals surface area contributed by atoms with Crippen LogP contribution in [0.2, 0.25) is 0 Å². The number of nitrogens with one attached hydrogen (secondary N) is 1. The van der Waals surface area contributed by atoms with Gasteiger partial charge in [-0.05, 0) is 79.7 Å². The Morgan fingerprint density at radius 1 is 0.976 bits per heavy atom. The lowest BCUT2D eigenvalue weighted by molar-refractivity contribution is 0.0947. The van der Waals surface area contributed by atoms with Gasteiger partial charge in [-0.3, -0.25) is 9.69 Å². The van der Waals surface area contributed by atoms with E-state index in [9.17, 15) is 19.4 Å². The molecule has 0 radical (unpaired) electrons. The highest BCUT2D eigenvalue weighted by atomic mass is 19.1. The van der Waals surface area contributed by atoms with Crippen molar-refractivity contribution in [1.29, 1.82) is 0 Å². The summed E-state index contributed by atoms with van der Waals surface area (Å²) in [6.45, 7) is 9.39. The Morgan fingerprint density at radius 3 is 2.44 bits per heavy atom. The van der Waals surface area contributed by atoms with Gasteiger partial charge in [0.05, 0.1) is 11.1 Å². The fourth-order valence-corrected chi connectivity index (χ4v) is 4.88. The molecule has 0 aliphatic rings. The summed E-state index contributed by atoms with van der Waals surface area (Å²) in [7, 11) is 0. The van der Waals surface area contributed by atoms with Gasteiger partial charge in [0.2, 0.25) is 0 Å². The second-order valence-corrected chi connectivity index (χ2v) is 10.1. The van der Waals surface area contributed by atoms with E-state index in [-0.39, 0.29) is 34.7 Å². The zero-order valence-corrected chi connectivity index (χ0v) is 23.9. The highest BCUT2D eigenvalue weighted by molar-refractivity contribution is 6.02. The molecule has 8 heteroatoms. The molecule has 3 aromatic carbocycles. The number of unbranched alkanes of at least 4 members (excludes halogenated alkanes) is 1. The Hall–Kier alpha value is -4.17. The summed E-state index contributed by atoms with van der Waals surface area (Å²) in [6, 6.07) is 17.1. The van der Waals surface area contributed by atoms with E-state index < -0.39 is 0 Å². The smallest absolute Gasteiger partial charge is 0.274 e. The third-order valence-corrected chi connectivity index (χ3v) is 7.18. The number of carbonyl (C=O) groups excluding carboxylic acids is 1. The van der Waals surface area contributed by atoms with Crippen molar-refractivity contribution in [3.8, 4) is 33.9 Å². The predicted molar refractivity (Wildman–Crippen MR) is 158 cm³/mol. The molecule has 0 spiro atoms. The lowest BCUT2D eigenvalue weighted by Crippen LogP contribution is -2.24. The number of carbonyl (C=O) groups is 1. The molecule has 4 rings (SSSR count). The van der Waals surface area contributed by atoms with Crippen molar-refractivity contribution in [2.75, 3.05) is 19.6 Å². The van der Waals surface area contributed by atoms with Crippen LogP contribution in [0.1, 0.15) is 60.8 Å². The maximum Gasteiger partial charge on any atom is 0.274 e. The SMILES string of the molecule is CCCCN(CC)Cc1ccc(-c2c(C(=O)NCC)noc2-c2cc(CCc3cccc(F)c3)c(O)cc2O)cc1. The molecule has 0 fully saturated rings. The Morgan fingerprint density at radius 2 is 1.76 bits per heavy atom. The fraction of sp³-hybridized carbons (Fsp3) is 0.333. The Labute approximate surface area is 240 Å². The van der Waals surface area contributed by atoms with Crippen molar-refractivity contribution >= 4 is 5.91 Å². The maximum absolute atomic E-state index is 13.7. The van der Waals surface area contributed by atoms with Crippen LogP contribution in [0.4, 0.5) is 4.39 Å². The quantitative estimate of drug-likeness (QED) is 0.168. The van der Waals surface area contributed by atoms with E-state index in [1.165, 1.54) is 18.2 Å². The van der Waals surface area contributed by atoms with Crippen molar-refractivity contribution in [2.24, 2.45) is 0 Å². The van der Waals surface area contributed by atoms with Crippen LogP contribution >= 0.6 is 0 Å². The van der Waals surface area contributed by atoms with Gasteiger partial charge < -0.3 is 20.1 Å². The molecule has 1 aromatic heterocycles. The summed E-state index contributed by atoms with van der Waals surface area (Å²) in [6.07, 6.45) is 3.17. The number of benzene rings is 3. The zero-order chi connectivity index (χ0) is 29.4. The monoisotopic (exact) mass is 559 g/mol. The summed E-state index contributed by atoms with van der Waals surface area (Å²) in [5.74, 6) is -0.773. The van der Waals surface area contributed by atoms with Crippen molar-refractivity contribution in [3.63, 3.8) is 0 Å². The topological polar surface area (TPSA) is 98.8 Å². The van der Waals surface area contributed by atoms with Gasteiger partial charge in [0, 0.05) is 19.2 Å². The standard InChI is InChI=1S/C33H38FN3O4/c1-4-7-17-37(6-3)21-23-12-14-24(15-13-23)30-31(33(40)35-5-2)36-41-32(30)27-19-25(28(38)20-29(27)39)16-11-22-9-8-10-26(34)18-22/h8-10,12-15,18-20,38-39H,4-7,11,16-17,21H2,1-3H3,(H,35,40). The molecule has 0 unspecified atom stereocenters. The van der Waals surface area contributed by atoms with Gasteiger partial charge in [0.1, 0.15) is 17.3 Å². The molecule has 1 heterocycles. The lowest BCUT2D eigenvalue weighted by Gasteiger charge is -2.20. The molecule has 41 heavy (non-hydrogen) atoms. The van der Waals surface area contributed by atoms with Crippen LogP contribution in [0.25, 0.3) is 22.5 Å². The summed E-state index contributed by atoms with van der Waals surface area (Å²) in [4.78, 5) is 15.3. The zero-order valence-electron chi connectivity index (χ0n) is 23.9. The molecule has 0 aliphatic carbocycles. The third-order valence-electron chi connectivity index (χ3n) is 7.18. The number of aromatic nitrogens is 1. The second kappa shape index (κ2) is 13.9. The Balaban J connectivity index is 1.70. The number of aryl methyl sites for hydroxylation is 2. The van der Waals surface area contributed by atoms with Gasteiger partial charge in [0.25, 0.3) is 5.91 Å². The van der Waals surface area contributed by atoms with E-state index >= 15 is 0 Å². The second-order valence-electron chi connectivity index (χ2n) is 10.1. The highest BCUT2D eigenvalue weighted by Crippen LogP contribution is 2.42. The number of phenols is 2. The molecule has 4 aromatic rings. The highest BCUT2D eigenvalue weighted by Gasteiger charge is 2.26. The molecule has 3 N–H and O–H groups in total. The Bertz CT molecular complexity index is 1470. The van der Waals surface area contributed by atoms with E-state index in [0.717, 1.165) is 49.2 Å². The van der Waals surface area contributed by atoms with Gasteiger partial charge in [-0.1, -0.05) is 61.8 Å². The van der Waals surface area contributed by atoms with Crippen LogP contribution < -0.4 is 5.32 Å². The van der Waals surface area contributed by atoms with Crippen LogP contribution in [0.15, 0.2) is 65.2 Å². The first kappa shape index (κ1) is 29.8. The maximum atomic E-state index is 13.7. The number of rotatable bonds is 13. The number of hydrogen-bond acceptors (Lipinski definition) is 6. The van der Waals surface area contributed by atoms with Crippen molar-refractivity contribution < 1.29 is 23.9 Å². The minimum Gasteiger partial charge on any atom is -0.508 e. The molecule has 216 valence electrons. The number of nitrogens with zero attached hydrogens (tertiary/aromatic N) is 2.